The Balaban J connectivity index is 2.27. The predicted octanol–water partition coefficient (Wildman–Crippen LogP) is 7.49. The molecule has 0 spiro atoms. The first-order chi connectivity index (χ1) is 14.9. The van der Waals surface area contributed by atoms with Crippen molar-refractivity contribution in [1.82, 2.24) is 4.98 Å². The Morgan fingerprint density at radius 1 is 1.03 bits per heavy atom. The maximum absolute atomic E-state index is 10.5. The van der Waals surface area contributed by atoms with E-state index in [1.54, 1.807) is 0 Å². The summed E-state index contributed by atoms with van der Waals surface area (Å²) < 4.78 is 0. The largest absolute Gasteiger partial charge is 0.392 e. The summed E-state index contributed by atoms with van der Waals surface area (Å²) in [5.41, 5.74) is 5.47. The molecular formula is C26H37ClN2OS. The van der Waals surface area contributed by atoms with Crippen LogP contribution in [0.15, 0.2) is 34.2 Å². The smallest absolute Gasteiger partial charge is 0.0706 e. The first kappa shape index (κ1) is 24.3. The molecule has 0 saturated carbocycles. The maximum Gasteiger partial charge on any atom is 0.0706 e. The van der Waals surface area contributed by atoms with Gasteiger partial charge in [0, 0.05) is 39.0 Å². The Kier molecular flexibility index (Phi) is 8.60. The van der Waals surface area contributed by atoms with E-state index in [0.717, 1.165) is 40.6 Å². The predicted molar refractivity (Wildman–Crippen MR) is 137 cm³/mol. The molecule has 1 aromatic heterocycles. The third-order valence-corrected chi connectivity index (χ3v) is 8.80. The van der Waals surface area contributed by atoms with E-state index in [1.165, 1.54) is 40.5 Å². The lowest BCUT2D eigenvalue weighted by atomic mass is 9.92. The van der Waals surface area contributed by atoms with Gasteiger partial charge in [0.05, 0.1) is 17.3 Å². The van der Waals surface area contributed by atoms with Crippen molar-refractivity contribution < 1.29 is 5.11 Å². The van der Waals surface area contributed by atoms with Crippen molar-refractivity contribution in [2.45, 2.75) is 83.6 Å². The minimum absolute atomic E-state index is 0.00463. The molecule has 3 nitrogen and oxygen atoms in total. The average Bonchev–Trinajstić information content (AvgIpc) is 3.21. The van der Waals surface area contributed by atoms with Crippen LogP contribution >= 0.6 is 22.5 Å². The number of unbranched alkanes of at least 4 members (excludes halogenated alkanes) is 2. The molecule has 3 rings (SSSR count). The van der Waals surface area contributed by atoms with Gasteiger partial charge in [-0.2, -0.15) is 10.9 Å². The average molecular weight is 461 g/mol. The number of hydrogen-bond donors (Lipinski definition) is 2. The number of nitrogens with zero attached hydrogens (tertiary/aromatic N) is 2. The summed E-state index contributed by atoms with van der Waals surface area (Å²) in [4.78, 5) is 11.5. The Bertz CT molecular complexity index is 922. The third kappa shape index (κ3) is 5.35. The van der Waals surface area contributed by atoms with Gasteiger partial charge in [0.15, 0.2) is 0 Å². The zero-order valence-corrected chi connectivity index (χ0v) is 21.2. The lowest BCUT2D eigenvalue weighted by molar-refractivity contribution is 0.279. The SMILES string of the molecule is CCCCCC1=NCC[SH]1c1c(C(C)C)nc(C(C)C)c(CO)c1-c1ccc(Cl)cc1. The van der Waals surface area contributed by atoms with E-state index in [9.17, 15) is 5.11 Å². The minimum atomic E-state index is -0.536. The molecule has 1 aliphatic heterocycles. The molecular weight excluding hydrogens is 424 g/mol. The molecule has 1 N–H and O–H groups in total. The summed E-state index contributed by atoms with van der Waals surface area (Å²) in [6, 6.07) is 8.08. The van der Waals surface area contributed by atoms with Crippen molar-refractivity contribution in [2.75, 3.05) is 12.3 Å². The fourth-order valence-electron chi connectivity index (χ4n) is 4.37. The second-order valence-corrected chi connectivity index (χ2v) is 11.7. The number of hydrogen-bond acceptors (Lipinski definition) is 3. The highest BCUT2D eigenvalue weighted by atomic mass is 35.5. The first-order valence-corrected chi connectivity index (χ1v) is 13.5. The van der Waals surface area contributed by atoms with Crippen LogP contribution in [-0.2, 0) is 6.61 Å². The van der Waals surface area contributed by atoms with Crippen LogP contribution in [0.5, 0.6) is 0 Å². The van der Waals surface area contributed by atoms with Crippen molar-refractivity contribution in [3.63, 3.8) is 0 Å². The van der Waals surface area contributed by atoms with Crippen LogP contribution in [0.2, 0.25) is 5.02 Å². The van der Waals surface area contributed by atoms with Crippen LogP contribution in [-0.4, -0.2) is 27.4 Å². The molecule has 170 valence electrons. The molecule has 0 aliphatic carbocycles. The minimum Gasteiger partial charge on any atom is -0.392 e. The van der Waals surface area contributed by atoms with E-state index in [0.29, 0.717) is 5.92 Å². The van der Waals surface area contributed by atoms with Crippen LogP contribution in [0.25, 0.3) is 11.1 Å². The van der Waals surface area contributed by atoms with Crippen molar-refractivity contribution in [3.05, 3.63) is 46.2 Å². The molecule has 31 heavy (non-hydrogen) atoms. The van der Waals surface area contributed by atoms with Crippen LogP contribution in [0.4, 0.5) is 0 Å². The van der Waals surface area contributed by atoms with E-state index in [1.807, 2.05) is 12.1 Å². The Morgan fingerprint density at radius 3 is 2.29 bits per heavy atom. The molecule has 0 saturated heterocycles. The van der Waals surface area contributed by atoms with Crippen LogP contribution < -0.4 is 0 Å². The number of aliphatic imine (C=N–C) groups is 1. The monoisotopic (exact) mass is 460 g/mol. The highest BCUT2D eigenvalue weighted by Gasteiger charge is 2.30. The topological polar surface area (TPSA) is 45.5 Å². The van der Waals surface area contributed by atoms with E-state index >= 15 is 0 Å². The lowest BCUT2D eigenvalue weighted by Crippen LogP contribution is -2.13. The Hall–Kier alpha value is -1.36. The Labute approximate surface area is 195 Å². The zero-order chi connectivity index (χ0) is 22.5. The van der Waals surface area contributed by atoms with Gasteiger partial charge in [-0.15, -0.1) is 0 Å². The molecule has 2 heterocycles. The number of rotatable bonds is 9. The van der Waals surface area contributed by atoms with Crippen LogP contribution in [0, 0.1) is 0 Å². The lowest BCUT2D eigenvalue weighted by Gasteiger charge is -2.30. The molecule has 1 aromatic carbocycles. The number of aromatic nitrogens is 1. The highest BCUT2D eigenvalue weighted by molar-refractivity contribution is 8.30. The van der Waals surface area contributed by atoms with E-state index in [-0.39, 0.29) is 12.5 Å². The summed E-state index contributed by atoms with van der Waals surface area (Å²) in [7, 11) is -0.536. The van der Waals surface area contributed by atoms with E-state index in [4.69, 9.17) is 21.6 Å². The number of aliphatic hydroxyl groups is 1. The van der Waals surface area contributed by atoms with E-state index < -0.39 is 10.9 Å². The van der Waals surface area contributed by atoms with Gasteiger partial charge in [0.2, 0.25) is 0 Å². The van der Waals surface area contributed by atoms with Crippen molar-refractivity contribution >= 4 is 27.5 Å². The van der Waals surface area contributed by atoms with Crippen LogP contribution in [0.1, 0.15) is 89.1 Å². The van der Waals surface area contributed by atoms with Gasteiger partial charge in [-0.1, -0.05) is 71.2 Å². The number of pyridine rings is 1. The molecule has 5 heteroatoms. The molecule has 0 radical (unpaired) electrons. The number of aliphatic hydroxyl groups excluding tert-OH is 1. The van der Waals surface area contributed by atoms with Gasteiger partial charge in [0.1, 0.15) is 0 Å². The molecule has 1 atom stereocenters. The quantitative estimate of drug-likeness (QED) is 0.300. The Morgan fingerprint density at radius 2 is 1.71 bits per heavy atom. The van der Waals surface area contributed by atoms with Gasteiger partial charge in [0.25, 0.3) is 0 Å². The van der Waals surface area contributed by atoms with Gasteiger partial charge in [-0.25, -0.2) is 0 Å². The normalized spacial score (nSPS) is 17.6. The van der Waals surface area contributed by atoms with Gasteiger partial charge >= 0.3 is 0 Å². The summed E-state index contributed by atoms with van der Waals surface area (Å²) in [6.07, 6.45) is 4.75. The summed E-state index contributed by atoms with van der Waals surface area (Å²) in [5, 5.41) is 12.6. The summed E-state index contributed by atoms with van der Waals surface area (Å²) in [5.74, 6) is 1.64. The molecule has 0 bridgehead atoms. The highest BCUT2D eigenvalue weighted by Crippen LogP contribution is 2.52. The first-order valence-electron chi connectivity index (χ1n) is 11.6. The molecule has 1 aliphatic rings. The molecule has 0 amide bonds. The van der Waals surface area contributed by atoms with Gasteiger partial charge < -0.3 is 5.11 Å². The van der Waals surface area contributed by atoms with Gasteiger partial charge in [-0.3, -0.25) is 9.98 Å². The third-order valence-electron chi connectivity index (χ3n) is 5.92. The van der Waals surface area contributed by atoms with Crippen LogP contribution in [0.3, 0.4) is 0 Å². The summed E-state index contributed by atoms with van der Waals surface area (Å²) in [6.45, 7) is 11.9. The van der Waals surface area contributed by atoms with Gasteiger partial charge in [-0.05, 0) is 42.4 Å². The standard InChI is InChI=1S/C26H37ClN2OS/c1-6-7-8-9-22-28-14-15-31(22)26-23(19-10-12-20(27)13-11-19)21(16-30)24(17(2)3)29-25(26)18(4)5/h10-13,17-18,30-31H,6-9,14-16H2,1-5H3. The maximum atomic E-state index is 10.5. The van der Waals surface area contributed by atoms with Crippen molar-refractivity contribution in [2.24, 2.45) is 4.99 Å². The summed E-state index contributed by atoms with van der Waals surface area (Å²) >= 11 is 6.22. The number of benzene rings is 1. The zero-order valence-electron chi connectivity index (χ0n) is 19.6. The van der Waals surface area contributed by atoms with Crippen molar-refractivity contribution in [3.8, 4) is 11.1 Å². The molecule has 2 aromatic rings. The number of thiol groups is 1. The van der Waals surface area contributed by atoms with E-state index in [2.05, 4.69) is 46.8 Å². The fraction of sp³-hybridized carbons (Fsp3) is 0.538. The molecule has 0 fully saturated rings. The second kappa shape index (κ2) is 11.0. The number of halogens is 1. The second-order valence-electron chi connectivity index (χ2n) is 8.97. The molecule has 1 unspecified atom stereocenters. The van der Waals surface area contributed by atoms with Crippen molar-refractivity contribution in [1.29, 1.82) is 0 Å². The fourth-order valence-corrected chi connectivity index (χ4v) is 7.35.